The molecule has 104 valence electrons. The number of hydrogen-bond donors (Lipinski definition) is 3. The van der Waals surface area contributed by atoms with Crippen LogP contribution in [0.4, 0.5) is 5.69 Å². The molecule has 2 unspecified atom stereocenters. The molecule has 3 rings (SSSR count). The smallest absolute Gasteiger partial charge is 0.339 e. The SMILES string of the molecule is O=C(O)c1cnc2ccccc2c1N1CC(O)C(O)C1. The summed E-state index contributed by atoms with van der Waals surface area (Å²) in [5, 5.41) is 29.4. The van der Waals surface area contributed by atoms with Crippen molar-refractivity contribution in [3.8, 4) is 0 Å². The van der Waals surface area contributed by atoms with E-state index in [9.17, 15) is 20.1 Å². The van der Waals surface area contributed by atoms with Crippen molar-refractivity contribution in [3.05, 3.63) is 36.0 Å². The Labute approximate surface area is 114 Å². The second kappa shape index (κ2) is 4.73. The number of rotatable bonds is 2. The highest BCUT2D eigenvalue weighted by atomic mass is 16.4. The molecule has 1 aromatic heterocycles. The predicted molar refractivity (Wildman–Crippen MR) is 72.9 cm³/mol. The number of aliphatic hydroxyl groups is 2. The van der Waals surface area contributed by atoms with E-state index in [1.54, 1.807) is 17.0 Å². The zero-order chi connectivity index (χ0) is 14.3. The van der Waals surface area contributed by atoms with Crippen molar-refractivity contribution in [2.75, 3.05) is 18.0 Å². The third-order valence-corrected chi connectivity index (χ3v) is 3.55. The van der Waals surface area contributed by atoms with Gasteiger partial charge in [0.25, 0.3) is 0 Å². The van der Waals surface area contributed by atoms with Gasteiger partial charge in [0.2, 0.25) is 0 Å². The molecular weight excluding hydrogens is 260 g/mol. The Morgan fingerprint density at radius 2 is 1.85 bits per heavy atom. The average Bonchev–Trinajstić information content (AvgIpc) is 2.77. The number of carboxylic acids is 1. The lowest BCUT2D eigenvalue weighted by Crippen LogP contribution is -2.24. The first-order valence-corrected chi connectivity index (χ1v) is 6.30. The van der Waals surface area contributed by atoms with E-state index in [0.717, 1.165) is 0 Å². The third-order valence-electron chi connectivity index (χ3n) is 3.55. The second-order valence-corrected chi connectivity index (χ2v) is 4.88. The van der Waals surface area contributed by atoms with Crippen LogP contribution in [0.15, 0.2) is 30.5 Å². The fourth-order valence-corrected chi connectivity index (χ4v) is 2.58. The number of carboxylic acid groups (broad SMARTS) is 1. The van der Waals surface area contributed by atoms with Gasteiger partial charge in [-0.1, -0.05) is 18.2 Å². The van der Waals surface area contributed by atoms with E-state index in [4.69, 9.17) is 0 Å². The molecule has 2 aromatic rings. The summed E-state index contributed by atoms with van der Waals surface area (Å²) in [5.74, 6) is -1.07. The third kappa shape index (κ3) is 1.99. The van der Waals surface area contributed by atoms with E-state index < -0.39 is 18.2 Å². The molecule has 1 fully saturated rings. The molecule has 20 heavy (non-hydrogen) atoms. The Bertz CT molecular complexity index is 663. The van der Waals surface area contributed by atoms with Crippen LogP contribution in [-0.4, -0.2) is 51.6 Å². The van der Waals surface area contributed by atoms with Gasteiger partial charge in [-0.2, -0.15) is 0 Å². The zero-order valence-corrected chi connectivity index (χ0v) is 10.6. The van der Waals surface area contributed by atoms with Crippen LogP contribution in [0.5, 0.6) is 0 Å². The van der Waals surface area contributed by atoms with E-state index in [1.165, 1.54) is 6.20 Å². The highest BCUT2D eigenvalue weighted by Gasteiger charge is 2.32. The first-order valence-electron chi connectivity index (χ1n) is 6.30. The number of aromatic nitrogens is 1. The maximum Gasteiger partial charge on any atom is 0.339 e. The number of nitrogens with zero attached hydrogens (tertiary/aromatic N) is 2. The topological polar surface area (TPSA) is 93.9 Å². The fourth-order valence-electron chi connectivity index (χ4n) is 2.58. The Balaban J connectivity index is 2.20. The van der Waals surface area contributed by atoms with Crippen molar-refractivity contribution >= 4 is 22.6 Å². The lowest BCUT2D eigenvalue weighted by Gasteiger charge is -2.21. The number of fused-ring (bicyclic) bond motifs is 1. The molecule has 0 radical (unpaired) electrons. The van der Waals surface area contributed by atoms with E-state index in [0.29, 0.717) is 16.6 Å². The standard InChI is InChI=1S/C14H14N2O4/c17-11-6-16(7-12(11)18)13-8-3-1-2-4-10(8)15-5-9(13)14(19)20/h1-5,11-12,17-18H,6-7H2,(H,19,20). The number of benzene rings is 1. The van der Waals surface area contributed by atoms with Gasteiger partial charge >= 0.3 is 5.97 Å². The van der Waals surface area contributed by atoms with Gasteiger partial charge in [0, 0.05) is 24.7 Å². The minimum absolute atomic E-state index is 0.0741. The summed E-state index contributed by atoms with van der Waals surface area (Å²) in [4.78, 5) is 17.2. The normalized spacial score (nSPS) is 22.4. The molecule has 3 N–H and O–H groups in total. The largest absolute Gasteiger partial charge is 0.478 e. The van der Waals surface area contributed by atoms with Crippen molar-refractivity contribution in [1.82, 2.24) is 4.98 Å². The Hall–Kier alpha value is -2.18. The van der Waals surface area contributed by atoms with Gasteiger partial charge in [0.05, 0.1) is 23.4 Å². The quantitative estimate of drug-likeness (QED) is 0.737. The van der Waals surface area contributed by atoms with Crippen molar-refractivity contribution < 1.29 is 20.1 Å². The lowest BCUT2D eigenvalue weighted by molar-refractivity contribution is 0.0572. The van der Waals surface area contributed by atoms with Crippen LogP contribution < -0.4 is 4.90 Å². The average molecular weight is 274 g/mol. The van der Waals surface area contributed by atoms with Crippen molar-refractivity contribution in [1.29, 1.82) is 0 Å². The van der Waals surface area contributed by atoms with Gasteiger partial charge in [-0.05, 0) is 6.07 Å². The molecule has 1 aromatic carbocycles. The monoisotopic (exact) mass is 274 g/mol. The number of anilines is 1. The Morgan fingerprint density at radius 1 is 1.20 bits per heavy atom. The molecule has 2 atom stereocenters. The number of aromatic carboxylic acids is 1. The number of pyridine rings is 1. The van der Waals surface area contributed by atoms with E-state index in [1.807, 2.05) is 12.1 Å². The van der Waals surface area contributed by atoms with Gasteiger partial charge < -0.3 is 20.2 Å². The summed E-state index contributed by atoms with van der Waals surface area (Å²) >= 11 is 0. The molecule has 6 nitrogen and oxygen atoms in total. The molecular formula is C14H14N2O4. The summed E-state index contributed by atoms with van der Waals surface area (Å²) in [6, 6.07) is 7.23. The predicted octanol–water partition coefficient (Wildman–Crippen LogP) is 0.475. The molecule has 6 heteroatoms. The number of carbonyl (C=O) groups is 1. The van der Waals surface area contributed by atoms with Gasteiger partial charge in [-0.25, -0.2) is 4.79 Å². The summed E-state index contributed by atoms with van der Waals surface area (Å²) in [7, 11) is 0. The number of β-amino-alcohol motifs (C(OH)–C–C–N with tert-alkyl or cyclic N) is 2. The van der Waals surface area contributed by atoms with Gasteiger partial charge in [0.15, 0.2) is 0 Å². The zero-order valence-electron chi connectivity index (χ0n) is 10.6. The number of aliphatic hydroxyl groups excluding tert-OH is 2. The summed E-state index contributed by atoms with van der Waals surface area (Å²) in [6.45, 7) is 0.408. The molecule has 2 heterocycles. The van der Waals surface area contributed by atoms with Crippen LogP contribution in [0.2, 0.25) is 0 Å². The Kier molecular flexibility index (Phi) is 3.04. The van der Waals surface area contributed by atoms with E-state index >= 15 is 0 Å². The maximum atomic E-state index is 11.4. The molecule has 1 aliphatic heterocycles. The first kappa shape index (κ1) is 12.8. The van der Waals surface area contributed by atoms with Crippen LogP contribution in [0.3, 0.4) is 0 Å². The van der Waals surface area contributed by atoms with Crippen molar-refractivity contribution in [2.24, 2.45) is 0 Å². The summed E-state index contributed by atoms with van der Waals surface area (Å²) in [6.07, 6.45) is -0.427. The Morgan fingerprint density at radius 3 is 2.50 bits per heavy atom. The molecule has 0 bridgehead atoms. The van der Waals surface area contributed by atoms with Gasteiger partial charge in [-0.15, -0.1) is 0 Å². The van der Waals surface area contributed by atoms with E-state index in [2.05, 4.69) is 4.98 Å². The minimum Gasteiger partial charge on any atom is -0.478 e. The highest BCUT2D eigenvalue weighted by Crippen LogP contribution is 2.32. The minimum atomic E-state index is -1.07. The van der Waals surface area contributed by atoms with Crippen LogP contribution >= 0.6 is 0 Å². The van der Waals surface area contributed by atoms with E-state index in [-0.39, 0.29) is 18.7 Å². The summed E-state index contributed by atoms with van der Waals surface area (Å²) in [5.41, 5.74) is 1.26. The maximum absolute atomic E-state index is 11.4. The molecule has 1 aliphatic rings. The van der Waals surface area contributed by atoms with Crippen LogP contribution in [0.25, 0.3) is 10.9 Å². The van der Waals surface area contributed by atoms with Crippen LogP contribution in [0.1, 0.15) is 10.4 Å². The van der Waals surface area contributed by atoms with Crippen LogP contribution in [-0.2, 0) is 0 Å². The fraction of sp³-hybridized carbons (Fsp3) is 0.286. The molecule has 0 saturated carbocycles. The number of para-hydroxylation sites is 1. The summed E-state index contributed by atoms with van der Waals surface area (Å²) < 4.78 is 0. The molecule has 1 saturated heterocycles. The molecule has 0 aliphatic carbocycles. The lowest BCUT2D eigenvalue weighted by atomic mass is 10.1. The first-order chi connectivity index (χ1) is 9.58. The second-order valence-electron chi connectivity index (χ2n) is 4.88. The van der Waals surface area contributed by atoms with Crippen molar-refractivity contribution in [2.45, 2.75) is 12.2 Å². The van der Waals surface area contributed by atoms with Crippen LogP contribution in [0, 0.1) is 0 Å². The highest BCUT2D eigenvalue weighted by molar-refractivity contribution is 6.04. The van der Waals surface area contributed by atoms with Gasteiger partial charge in [0.1, 0.15) is 5.56 Å². The molecule has 0 spiro atoms. The van der Waals surface area contributed by atoms with Gasteiger partial charge in [-0.3, -0.25) is 4.98 Å². The number of hydrogen-bond acceptors (Lipinski definition) is 5. The van der Waals surface area contributed by atoms with Crippen molar-refractivity contribution in [3.63, 3.8) is 0 Å². The molecule has 0 amide bonds.